The molecule has 7 nitrogen and oxygen atoms in total. The van der Waals surface area contributed by atoms with E-state index >= 15 is 0 Å². The van der Waals surface area contributed by atoms with Gasteiger partial charge in [-0.2, -0.15) is 4.65 Å². The van der Waals surface area contributed by atoms with Crippen LogP contribution in [0.2, 0.25) is 0 Å². The molecule has 0 aliphatic carbocycles. The molecule has 1 atom stereocenters. The number of amidine groups is 1. The van der Waals surface area contributed by atoms with Crippen LogP contribution in [0.1, 0.15) is 18.4 Å². The molecule has 0 unspecified atom stereocenters. The Labute approximate surface area is 158 Å². The first-order valence-electron chi connectivity index (χ1n) is 9.52. The molecule has 3 saturated heterocycles. The van der Waals surface area contributed by atoms with Gasteiger partial charge in [-0.25, -0.2) is 20.2 Å². The van der Waals surface area contributed by atoms with E-state index in [1.165, 1.54) is 5.56 Å². The Morgan fingerprint density at radius 1 is 1.19 bits per heavy atom. The summed E-state index contributed by atoms with van der Waals surface area (Å²) >= 11 is 0. The fourth-order valence-corrected chi connectivity index (χ4v) is 4.64. The van der Waals surface area contributed by atoms with E-state index in [0.29, 0.717) is 31.0 Å². The summed E-state index contributed by atoms with van der Waals surface area (Å²) in [7, 11) is 0. The number of aromatic nitrogens is 2. The van der Waals surface area contributed by atoms with Gasteiger partial charge in [0.05, 0.1) is 6.54 Å². The van der Waals surface area contributed by atoms with Crippen LogP contribution in [0.3, 0.4) is 0 Å². The summed E-state index contributed by atoms with van der Waals surface area (Å²) in [5.74, 6) is 0.925. The first-order chi connectivity index (χ1) is 13.0. The molecule has 6 rings (SSSR count). The fourth-order valence-electron chi connectivity index (χ4n) is 4.64. The van der Waals surface area contributed by atoms with E-state index in [4.69, 9.17) is 4.74 Å². The zero-order valence-electron chi connectivity index (χ0n) is 15.4. The Kier molecular flexibility index (Phi) is 3.70. The molecule has 0 radical (unpaired) electrons. The third-order valence-corrected chi connectivity index (χ3v) is 6.11. The van der Waals surface area contributed by atoms with E-state index in [1.54, 1.807) is 12.4 Å². The number of quaternary nitrogens is 1. The van der Waals surface area contributed by atoms with Gasteiger partial charge in [-0.3, -0.25) is 5.32 Å². The van der Waals surface area contributed by atoms with Gasteiger partial charge in [-0.15, -0.1) is 0 Å². The molecule has 2 aromatic rings. The summed E-state index contributed by atoms with van der Waals surface area (Å²) in [6.45, 7) is 4.91. The number of benzene rings is 1. The lowest BCUT2D eigenvalue weighted by atomic mass is 9.75. The van der Waals surface area contributed by atoms with E-state index in [0.717, 1.165) is 37.1 Å². The quantitative estimate of drug-likeness (QED) is 0.799. The number of aliphatic imine (C=N–C) groups is 1. The van der Waals surface area contributed by atoms with Crippen LogP contribution in [0.15, 0.2) is 41.7 Å². The largest absolute Gasteiger partial charge is 0.450 e. The highest BCUT2D eigenvalue weighted by molar-refractivity contribution is 5.88. The maximum absolute atomic E-state index is 10.6. The second-order valence-corrected chi connectivity index (χ2v) is 8.05. The van der Waals surface area contributed by atoms with E-state index in [2.05, 4.69) is 39.3 Å². The Bertz CT molecular complexity index is 890. The number of hydrogen-bond donors (Lipinski definition) is 2. The molecule has 0 saturated carbocycles. The summed E-state index contributed by atoms with van der Waals surface area (Å²) in [6, 6.07) is 8.72. The van der Waals surface area contributed by atoms with E-state index < -0.39 is 0 Å². The van der Waals surface area contributed by atoms with Gasteiger partial charge in [0.2, 0.25) is 5.95 Å². The zero-order chi connectivity index (χ0) is 18.5. The number of nitrogens with zero attached hydrogens (tertiary/aromatic N) is 4. The van der Waals surface area contributed by atoms with E-state index in [9.17, 15) is 5.21 Å². The Hall–Kier alpha value is -2.51. The van der Waals surface area contributed by atoms with Crippen molar-refractivity contribution in [2.45, 2.75) is 25.4 Å². The molecule has 1 aromatic heterocycles. The first kappa shape index (κ1) is 16.6. The number of hydrogen-bond acceptors (Lipinski definition) is 6. The van der Waals surface area contributed by atoms with Crippen LogP contribution < -0.4 is 5.32 Å². The van der Waals surface area contributed by atoms with Gasteiger partial charge in [0.1, 0.15) is 13.1 Å². The fraction of sp³-hybridized carbons (Fsp3) is 0.450. The summed E-state index contributed by atoms with van der Waals surface area (Å²) in [5.41, 5.74) is 2.89. The van der Waals surface area contributed by atoms with E-state index in [1.807, 2.05) is 12.1 Å². The van der Waals surface area contributed by atoms with E-state index in [-0.39, 0.29) is 10.2 Å². The Morgan fingerprint density at radius 3 is 2.67 bits per heavy atom. The van der Waals surface area contributed by atoms with Crippen molar-refractivity contribution < 1.29 is 14.6 Å². The van der Waals surface area contributed by atoms with Crippen LogP contribution in [0, 0.1) is 12.8 Å². The molecule has 4 aliphatic rings. The lowest BCUT2D eigenvalue weighted by molar-refractivity contribution is -1.12. The highest BCUT2D eigenvalue weighted by Crippen LogP contribution is 2.43. The van der Waals surface area contributed by atoms with Crippen molar-refractivity contribution in [3.8, 4) is 11.1 Å². The summed E-state index contributed by atoms with van der Waals surface area (Å²) < 4.78 is 6.32. The molecule has 3 fully saturated rings. The van der Waals surface area contributed by atoms with Crippen LogP contribution in [0.5, 0.6) is 0 Å². The predicted molar refractivity (Wildman–Crippen MR) is 101 cm³/mol. The maximum Gasteiger partial charge on any atom is 0.292 e. The van der Waals surface area contributed by atoms with Crippen LogP contribution in [0.25, 0.3) is 11.1 Å². The van der Waals surface area contributed by atoms with Gasteiger partial charge in [-0.05, 0) is 12.5 Å². The molecule has 2 bridgehead atoms. The van der Waals surface area contributed by atoms with Gasteiger partial charge in [0.25, 0.3) is 6.02 Å². The number of anilines is 1. The minimum absolute atomic E-state index is 0.112. The van der Waals surface area contributed by atoms with Crippen molar-refractivity contribution in [2.24, 2.45) is 10.9 Å². The maximum atomic E-state index is 10.6. The number of nitrogens with one attached hydrogen (secondary N) is 1. The van der Waals surface area contributed by atoms with Gasteiger partial charge in [0, 0.05) is 36.7 Å². The third-order valence-electron chi connectivity index (χ3n) is 6.11. The van der Waals surface area contributed by atoms with Crippen molar-refractivity contribution in [3.63, 3.8) is 0 Å². The van der Waals surface area contributed by atoms with Crippen molar-refractivity contribution in [2.75, 3.05) is 31.5 Å². The minimum atomic E-state index is -0.380. The molecule has 5 heterocycles. The molecule has 27 heavy (non-hydrogen) atoms. The SMILES string of the molecule is Cc1cccc(-c2cnc(NC3=NC[C@@]4(C[N+]5(O)CCC4CC5)O3)nc2)c1. The number of fused-ring (bicyclic) bond motifs is 2. The average Bonchev–Trinajstić information content (AvgIpc) is 3.04. The van der Waals surface area contributed by atoms with Crippen molar-refractivity contribution in [3.05, 3.63) is 42.2 Å². The molecule has 0 amide bonds. The molecule has 1 spiro atoms. The standard InChI is InChI=1S/C20H24N5O2/c1-14-3-2-4-15(9-14)16-10-21-18(22-11-16)24-19-23-12-20(27-19)13-25(26)7-5-17(20)6-8-25/h2-4,9-11,17,26H,5-8,12-13H2,1H3,(H,21,22,23,24)/q+1/t17?,20-,25?/m0/s1. The molecule has 140 valence electrons. The topological polar surface area (TPSA) is 79.6 Å². The zero-order valence-corrected chi connectivity index (χ0v) is 15.4. The minimum Gasteiger partial charge on any atom is -0.450 e. The molecule has 1 aromatic carbocycles. The summed E-state index contributed by atoms with van der Waals surface area (Å²) in [6.07, 6.45) is 5.58. The number of rotatable bonds is 2. The van der Waals surface area contributed by atoms with Gasteiger partial charge in [-0.1, -0.05) is 29.8 Å². The molecule has 7 heteroatoms. The van der Waals surface area contributed by atoms with Crippen molar-refractivity contribution in [1.82, 2.24) is 9.97 Å². The number of piperidine rings is 3. The lowest BCUT2D eigenvalue weighted by Crippen LogP contribution is -2.69. The summed E-state index contributed by atoms with van der Waals surface area (Å²) in [5, 5.41) is 13.7. The predicted octanol–water partition coefficient (Wildman–Crippen LogP) is 2.62. The Morgan fingerprint density at radius 2 is 1.96 bits per heavy atom. The number of hydroxylamine groups is 3. The average molecular weight is 366 g/mol. The highest BCUT2D eigenvalue weighted by atomic mass is 16.6. The monoisotopic (exact) mass is 366 g/mol. The normalized spacial score (nSPS) is 31.6. The van der Waals surface area contributed by atoms with Crippen molar-refractivity contribution in [1.29, 1.82) is 0 Å². The highest BCUT2D eigenvalue weighted by Gasteiger charge is 2.59. The third kappa shape index (κ3) is 2.96. The molecular formula is C20H24N5O2+. The second kappa shape index (κ2) is 6.00. The number of aryl methyl sites for hydroxylation is 1. The second-order valence-electron chi connectivity index (χ2n) is 8.05. The van der Waals surface area contributed by atoms with Crippen LogP contribution >= 0.6 is 0 Å². The van der Waals surface area contributed by atoms with Crippen LogP contribution in [-0.2, 0) is 4.74 Å². The Balaban J connectivity index is 1.28. The smallest absolute Gasteiger partial charge is 0.292 e. The van der Waals surface area contributed by atoms with Gasteiger partial charge >= 0.3 is 0 Å². The van der Waals surface area contributed by atoms with Gasteiger partial charge in [0.15, 0.2) is 12.1 Å². The molecular weight excluding hydrogens is 342 g/mol. The van der Waals surface area contributed by atoms with Gasteiger partial charge < -0.3 is 4.74 Å². The number of ether oxygens (including phenoxy) is 1. The first-order valence-corrected chi connectivity index (χ1v) is 9.52. The van der Waals surface area contributed by atoms with Crippen LogP contribution in [-0.4, -0.2) is 57.6 Å². The van der Waals surface area contributed by atoms with Crippen LogP contribution in [0.4, 0.5) is 5.95 Å². The molecule has 2 N–H and O–H groups in total. The lowest BCUT2D eigenvalue weighted by Gasteiger charge is -2.51. The summed E-state index contributed by atoms with van der Waals surface area (Å²) in [4.78, 5) is 13.3. The molecule has 4 aliphatic heterocycles. The van der Waals surface area contributed by atoms with Crippen molar-refractivity contribution >= 4 is 12.0 Å².